The predicted molar refractivity (Wildman–Crippen MR) is 118 cm³/mol. The number of sulfonamides is 1. The fourth-order valence-corrected chi connectivity index (χ4v) is 5.35. The molecule has 0 saturated carbocycles. The molecule has 2 aliphatic rings. The van der Waals surface area contributed by atoms with E-state index in [1.54, 1.807) is 23.1 Å². The lowest BCUT2D eigenvalue weighted by molar-refractivity contribution is 0.0880. The van der Waals surface area contributed by atoms with Crippen LogP contribution in [0.5, 0.6) is 0 Å². The van der Waals surface area contributed by atoms with Crippen LogP contribution in [-0.4, -0.2) is 87.4 Å². The Morgan fingerprint density at radius 1 is 1.18 bits per heavy atom. The molecule has 3 aromatic rings. The van der Waals surface area contributed by atoms with Gasteiger partial charge in [0, 0.05) is 49.9 Å². The van der Waals surface area contributed by atoms with Gasteiger partial charge in [0.15, 0.2) is 11.5 Å². The van der Waals surface area contributed by atoms with Gasteiger partial charge in [0.2, 0.25) is 22.4 Å². The lowest BCUT2D eigenvalue weighted by Gasteiger charge is -2.30. The van der Waals surface area contributed by atoms with Crippen LogP contribution in [0.25, 0.3) is 16.9 Å². The molecule has 0 amide bonds. The van der Waals surface area contributed by atoms with Gasteiger partial charge in [-0.05, 0) is 19.3 Å². The van der Waals surface area contributed by atoms with E-state index in [0.717, 1.165) is 5.56 Å². The molecule has 178 valence electrons. The Hall–Kier alpha value is -2.87. The first-order valence-corrected chi connectivity index (χ1v) is 12.6. The minimum atomic E-state index is -3.20. The minimum absolute atomic E-state index is 0.0279. The quantitative estimate of drug-likeness (QED) is 0.542. The Bertz CT molecular complexity index is 1220. The normalized spacial score (nSPS) is 20.8. The number of hydrogen-bond donors (Lipinski definition) is 2. The largest absolute Gasteiger partial charge is 0.354 e. The number of aromatic amines is 1. The maximum absolute atomic E-state index is 13.3. The van der Waals surface area contributed by atoms with E-state index in [4.69, 9.17) is 0 Å². The lowest BCUT2D eigenvalue weighted by Crippen LogP contribution is -2.41. The molecule has 0 aliphatic carbocycles. The van der Waals surface area contributed by atoms with Gasteiger partial charge in [-0.3, -0.25) is 5.10 Å². The summed E-state index contributed by atoms with van der Waals surface area (Å²) in [5.74, 6) is 0.285. The summed E-state index contributed by atoms with van der Waals surface area (Å²) in [6.07, 6.45) is 5.41. The van der Waals surface area contributed by atoms with Gasteiger partial charge < -0.3 is 10.2 Å². The molecule has 1 atom stereocenters. The predicted octanol–water partition coefficient (Wildman–Crippen LogP) is 1.44. The van der Waals surface area contributed by atoms with E-state index in [2.05, 4.69) is 30.6 Å². The molecule has 2 saturated heterocycles. The van der Waals surface area contributed by atoms with Crippen LogP contribution in [0.2, 0.25) is 0 Å². The maximum atomic E-state index is 13.3. The first-order chi connectivity index (χ1) is 15.8. The fourth-order valence-electron chi connectivity index (χ4n) is 4.47. The molecule has 0 unspecified atom stereocenters. The number of H-pyrrole nitrogens is 1. The Kier molecular flexibility index (Phi) is 5.64. The second kappa shape index (κ2) is 8.48. The van der Waals surface area contributed by atoms with E-state index >= 15 is 0 Å². The number of hydrogen-bond acceptors (Lipinski definition) is 8. The Morgan fingerprint density at radius 3 is 2.61 bits per heavy atom. The van der Waals surface area contributed by atoms with Crippen LogP contribution in [0, 0.1) is 5.92 Å². The molecule has 3 aromatic heterocycles. The highest BCUT2D eigenvalue weighted by atomic mass is 32.2. The molecule has 2 N–H and O–H groups in total. The third kappa shape index (κ3) is 4.36. The van der Waals surface area contributed by atoms with Gasteiger partial charge in [-0.25, -0.2) is 26.5 Å². The van der Waals surface area contributed by atoms with Crippen LogP contribution in [0.1, 0.15) is 19.3 Å². The highest BCUT2D eigenvalue weighted by Crippen LogP contribution is 2.34. The van der Waals surface area contributed by atoms with Crippen molar-refractivity contribution in [3.63, 3.8) is 0 Å². The van der Waals surface area contributed by atoms with Gasteiger partial charge in [0.25, 0.3) is 0 Å². The summed E-state index contributed by atoms with van der Waals surface area (Å²) in [4.78, 5) is 11.0. The van der Waals surface area contributed by atoms with Crippen LogP contribution in [-0.2, 0) is 10.0 Å². The van der Waals surface area contributed by atoms with Gasteiger partial charge in [0.1, 0.15) is 5.69 Å². The highest BCUT2D eigenvalue weighted by molar-refractivity contribution is 7.88. The molecule has 0 aromatic carbocycles. The third-order valence-corrected chi connectivity index (χ3v) is 7.57. The molecule has 0 bridgehead atoms. The number of anilines is 2. The monoisotopic (exact) mass is 481 g/mol. The second-order valence-corrected chi connectivity index (χ2v) is 10.5. The van der Waals surface area contributed by atoms with Gasteiger partial charge in [-0.1, -0.05) is 0 Å². The van der Waals surface area contributed by atoms with Gasteiger partial charge in [-0.2, -0.15) is 14.6 Å². The van der Waals surface area contributed by atoms with Gasteiger partial charge in [0.05, 0.1) is 18.6 Å². The standard InChI is InChI=1S/C19H25F2N9O2S/c1-33(31,32)29-6-3-14(4-7-29)25-19-26-15-10-22-16(13-8-23-24-9-13)18(30(15)27-19)28-5-2-12(11-28)17(20)21/h8-10,12,14,17H,2-7,11H2,1H3,(H,23,24)(H,25,27)/t12-/m0/s1. The Morgan fingerprint density at radius 2 is 1.97 bits per heavy atom. The molecular formula is C19H25F2N9O2S. The van der Waals surface area contributed by atoms with E-state index in [9.17, 15) is 17.2 Å². The van der Waals surface area contributed by atoms with Crippen molar-refractivity contribution in [2.75, 3.05) is 42.7 Å². The van der Waals surface area contributed by atoms with Crippen molar-refractivity contribution in [1.29, 1.82) is 0 Å². The molecule has 5 rings (SSSR count). The first-order valence-electron chi connectivity index (χ1n) is 10.8. The average Bonchev–Trinajstić information content (AvgIpc) is 3.52. The summed E-state index contributed by atoms with van der Waals surface area (Å²) in [5.41, 5.74) is 1.81. The molecule has 5 heterocycles. The molecule has 2 aliphatic heterocycles. The van der Waals surface area contributed by atoms with Gasteiger partial charge >= 0.3 is 0 Å². The average molecular weight is 482 g/mol. The van der Waals surface area contributed by atoms with Crippen molar-refractivity contribution in [1.82, 2.24) is 34.1 Å². The van der Waals surface area contributed by atoms with Gasteiger partial charge in [-0.15, -0.1) is 5.10 Å². The van der Waals surface area contributed by atoms with E-state index in [-0.39, 0.29) is 12.6 Å². The topological polar surface area (TPSA) is 124 Å². The minimum Gasteiger partial charge on any atom is -0.354 e. The van der Waals surface area contributed by atoms with Crippen LogP contribution in [0.4, 0.5) is 20.5 Å². The highest BCUT2D eigenvalue weighted by Gasteiger charge is 2.33. The fraction of sp³-hybridized carbons (Fsp3) is 0.579. The lowest BCUT2D eigenvalue weighted by atomic mass is 10.1. The van der Waals surface area contributed by atoms with Crippen molar-refractivity contribution in [3.8, 4) is 11.3 Å². The van der Waals surface area contributed by atoms with Crippen molar-refractivity contribution in [2.24, 2.45) is 5.92 Å². The SMILES string of the molecule is CS(=O)(=O)N1CCC(Nc2nc3cnc(-c4cn[nH]c4)c(N4CC[C@H](C(F)F)C4)n3n2)CC1. The van der Waals surface area contributed by atoms with E-state index in [1.807, 2.05) is 4.90 Å². The molecule has 33 heavy (non-hydrogen) atoms. The molecule has 0 spiro atoms. The van der Waals surface area contributed by atoms with Crippen molar-refractivity contribution < 1.29 is 17.2 Å². The zero-order chi connectivity index (χ0) is 23.2. The van der Waals surface area contributed by atoms with Crippen LogP contribution < -0.4 is 10.2 Å². The smallest absolute Gasteiger partial charge is 0.243 e. The molecule has 2 fully saturated rings. The number of nitrogens with one attached hydrogen (secondary N) is 2. The Labute approximate surface area is 189 Å². The molecule has 11 nitrogen and oxygen atoms in total. The summed E-state index contributed by atoms with van der Waals surface area (Å²) in [6.45, 7) is 1.54. The summed E-state index contributed by atoms with van der Waals surface area (Å²) in [7, 11) is -3.20. The number of piperidine rings is 1. The number of alkyl halides is 2. The molecule has 14 heteroatoms. The van der Waals surface area contributed by atoms with E-state index in [1.165, 1.54) is 10.6 Å². The van der Waals surface area contributed by atoms with Crippen LogP contribution in [0.15, 0.2) is 18.6 Å². The van der Waals surface area contributed by atoms with E-state index in [0.29, 0.717) is 62.0 Å². The number of fused-ring (bicyclic) bond motifs is 1. The van der Waals surface area contributed by atoms with E-state index < -0.39 is 22.4 Å². The van der Waals surface area contributed by atoms with Crippen molar-refractivity contribution >= 4 is 27.4 Å². The second-order valence-electron chi connectivity index (χ2n) is 8.53. The number of nitrogens with zero attached hydrogens (tertiary/aromatic N) is 7. The zero-order valence-electron chi connectivity index (χ0n) is 18.0. The van der Waals surface area contributed by atoms with Crippen LogP contribution >= 0.6 is 0 Å². The summed E-state index contributed by atoms with van der Waals surface area (Å²) in [6, 6.07) is 0.0279. The van der Waals surface area contributed by atoms with Crippen LogP contribution in [0.3, 0.4) is 0 Å². The summed E-state index contributed by atoms with van der Waals surface area (Å²) < 4.78 is 53.3. The first kappa shape index (κ1) is 21.9. The number of aromatic nitrogens is 6. The summed E-state index contributed by atoms with van der Waals surface area (Å²) >= 11 is 0. The molecular weight excluding hydrogens is 456 g/mol. The summed E-state index contributed by atoms with van der Waals surface area (Å²) in [5, 5.41) is 14.7. The van der Waals surface area contributed by atoms with Crippen molar-refractivity contribution in [2.45, 2.75) is 31.7 Å². The maximum Gasteiger partial charge on any atom is 0.243 e. The third-order valence-electron chi connectivity index (χ3n) is 6.26. The molecule has 0 radical (unpaired) electrons. The number of rotatable bonds is 6. The zero-order valence-corrected chi connectivity index (χ0v) is 18.8. The Balaban J connectivity index is 1.44. The van der Waals surface area contributed by atoms with Crippen molar-refractivity contribution in [3.05, 3.63) is 18.6 Å². The number of halogens is 2.